The van der Waals surface area contributed by atoms with Crippen molar-refractivity contribution in [3.05, 3.63) is 63.8 Å². The molecule has 1 aliphatic heterocycles. The fourth-order valence-corrected chi connectivity index (χ4v) is 2.61. The number of halogens is 1. The number of carbonyl (C=O) groups is 2. The van der Waals surface area contributed by atoms with Gasteiger partial charge in [0.05, 0.1) is 5.56 Å². The molecule has 3 N–H and O–H groups in total. The third kappa shape index (κ3) is 3.47. The Labute approximate surface area is 146 Å². The van der Waals surface area contributed by atoms with Crippen LogP contribution in [0.15, 0.2) is 52.7 Å². The van der Waals surface area contributed by atoms with E-state index in [0.29, 0.717) is 17.1 Å². The number of hydrazine groups is 1. The van der Waals surface area contributed by atoms with Gasteiger partial charge in [0.1, 0.15) is 11.5 Å². The summed E-state index contributed by atoms with van der Waals surface area (Å²) in [5.74, 6) is 5.38. The fourth-order valence-electron chi connectivity index (χ4n) is 2.20. The molecular formula is C17H13BrN2O4. The van der Waals surface area contributed by atoms with Gasteiger partial charge in [-0.25, -0.2) is 5.84 Å². The van der Waals surface area contributed by atoms with Crippen molar-refractivity contribution in [3.8, 4) is 11.5 Å². The van der Waals surface area contributed by atoms with Crippen molar-refractivity contribution in [2.45, 2.75) is 0 Å². The second-order valence-corrected chi connectivity index (χ2v) is 5.92. The summed E-state index contributed by atoms with van der Waals surface area (Å²) in [6, 6.07) is 12.3. The third-order valence-electron chi connectivity index (χ3n) is 3.32. The van der Waals surface area contributed by atoms with Crippen molar-refractivity contribution in [2.24, 2.45) is 5.84 Å². The van der Waals surface area contributed by atoms with Gasteiger partial charge in [-0.2, -0.15) is 0 Å². The highest BCUT2D eigenvalue weighted by Crippen LogP contribution is 2.35. The molecule has 0 aromatic heterocycles. The van der Waals surface area contributed by atoms with Gasteiger partial charge in [0, 0.05) is 10.5 Å². The zero-order valence-corrected chi connectivity index (χ0v) is 14.0. The summed E-state index contributed by atoms with van der Waals surface area (Å²) in [5, 5.41) is 0. The molecule has 1 aliphatic rings. The number of nitrogens with one attached hydrogen (secondary N) is 1. The lowest BCUT2D eigenvalue weighted by Gasteiger charge is -2.06. The number of benzene rings is 2. The van der Waals surface area contributed by atoms with Crippen molar-refractivity contribution < 1.29 is 19.1 Å². The van der Waals surface area contributed by atoms with Crippen LogP contribution < -0.4 is 20.7 Å². The first kappa shape index (κ1) is 16.2. The summed E-state index contributed by atoms with van der Waals surface area (Å²) >= 11 is 3.39. The average molecular weight is 389 g/mol. The summed E-state index contributed by atoms with van der Waals surface area (Å²) in [6.45, 7) is -0.218. The molecular weight excluding hydrogens is 376 g/mol. The van der Waals surface area contributed by atoms with Crippen LogP contribution in [0.4, 0.5) is 0 Å². The van der Waals surface area contributed by atoms with E-state index in [1.165, 1.54) is 0 Å². The highest BCUT2D eigenvalue weighted by atomic mass is 79.9. The number of ether oxygens (including phenoxy) is 2. The summed E-state index contributed by atoms with van der Waals surface area (Å²) in [5.41, 5.74) is 3.27. The van der Waals surface area contributed by atoms with Crippen molar-refractivity contribution in [3.63, 3.8) is 0 Å². The average Bonchev–Trinajstić information content (AvgIpc) is 2.88. The fraction of sp³-hybridized carbons (Fsp3) is 0.0588. The lowest BCUT2D eigenvalue weighted by atomic mass is 10.1. The van der Waals surface area contributed by atoms with Crippen LogP contribution in [-0.2, 0) is 4.79 Å². The summed E-state index contributed by atoms with van der Waals surface area (Å²) in [7, 11) is 0. The van der Waals surface area contributed by atoms with Crippen LogP contribution in [0.25, 0.3) is 6.08 Å². The molecule has 0 fully saturated rings. The highest BCUT2D eigenvalue weighted by molar-refractivity contribution is 9.10. The quantitative estimate of drug-likeness (QED) is 0.363. The van der Waals surface area contributed by atoms with Gasteiger partial charge in [-0.3, -0.25) is 15.0 Å². The number of nitrogens with two attached hydrogens (primary N) is 1. The minimum absolute atomic E-state index is 0.198. The van der Waals surface area contributed by atoms with Gasteiger partial charge in [0.25, 0.3) is 5.91 Å². The molecule has 24 heavy (non-hydrogen) atoms. The SMILES string of the molecule is NNC(=O)COc1ccc2c(c1)OC(=Cc1cccc(Br)c1)C2=O. The van der Waals surface area contributed by atoms with E-state index >= 15 is 0 Å². The number of fused-ring (bicyclic) bond motifs is 1. The zero-order valence-electron chi connectivity index (χ0n) is 12.4. The van der Waals surface area contributed by atoms with Crippen molar-refractivity contribution in [1.82, 2.24) is 5.43 Å². The third-order valence-corrected chi connectivity index (χ3v) is 3.81. The number of amides is 1. The molecule has 0 radical (unpaired) electrons. The zero-order chi connectivity index (χ0) is 17.1. The maximum absolute atomic E-state index is 12.4. The van der Waals surface area contributed by atoms with E-state index in [9.17, 15) is 9.59 Å². The van der Waals surface area contributed by atoms with Gasteiger partial charge in [-0.15, -0.1) is 0 Å². The van der Waals surface area contributed by atoms with Gasteiger partial charge >= 0.3 is 0 Å². The van der Waals surface area contributed by atoms with Crippen molar-refractivity contribution in [2.75, 3.05) is 6.61 Å². The predicted molar refractivity (Wildman–Crippen MR) is 91.3 cm³/mol. The Morgan fingerprint density at radius 3 is 2.88 bits per heavy atom. The summed E-state index contributed by atoms with van der Waals surface area (Å²) in [6.07, 6.45) is 1.68. The van der Waals surface area contributed by atoms with Crippen LogP contribution in [-0.4, -0.2) is 18.3 Å². The lowest BCUT2D eigenvalue weighted by molar-refractivity contribution is -0.123. The first-order valence-electron chi connectivity index (χ1n) is 7.03. The van der Waals surface area contributed by atoms with E-state index in [0.717, 1.165) is 10.0 Å². The number of ketones is 1. The Morgan fingerprint density at radius 2 is 2.12 bits per heavy atom. The number of Topliss-reactive ketones (excluding diaryl/α,β-unsaturated/α-hetero) is 1. The molecule has 122 valence electrons. The van der Waals surface area contributed by atoms with E-state index in [1.807, 2.05) is 29.7 Å². The molecule has 0 saturated heterocycles. The molecule has 0 atom stereocenters. The molecule has 3 rings (SSSR count). The molecule has 0 saturated carbocycles. The van der Waals surface area contributed by atoms with Crippen LogP contribution in [0.5, 0.6) is 11.5 Å². The molecule has 2 aromatic rings. The van der Waals surface area contributed by atoms with Gasteiger partial charge in [0.2, 0.25) is 5.78 Å². The van der Waals surface area contributed by atoms with Gasteiger partial charge in [0.15, 0.2) is 12.4 Å². The Morgan fingerprint density at radius 1 is 1.29 bits per heavy atom. The minimum atomic E-state index is -0.456. The molecule has 7 heteroatoms. The molecule has 6 nitrogen and oxygen atoms in total. The van der Waals surface area contributed by atoms with Crippen molar-refractivity contribution in [1.29, 1.82) is 0 Å². The maximum Gasteiger partial charge on any atom is 0.271 e. The van der Waals surface area contributed by atoms with Crippen LogP contribution >= 0.6 is 15.9 Å². The largest absolute Gasteiger partial charge is 0.484 e. The molecule has 0 bridgehead atoms. The monoisotopic (exact) mass is 388 g/mol. The van der Waals surface area contributed by atoms with Crippen LogP contribution in [0.3, 0.4) is 0 Å². The second-order valence-electron chi connectivity index (χ2n) is 5.01. The Hall–Kier alpha value is -2.64. The summed E-state index contributed by atoms with van der Waals surface area (Å²) < 4.78 is 11.8. The van der Waals surface area contributed by atoms with E-state index in [-0.39, 0.29) is 18.1 Å². The predicted octanol–water partition coefficient (Wildman–Crippen LogP) is 2.43. The second kappa shape index (κ2) is 6.86. The molecule has 0 aliphatic carbocycles. The Kier molecular flexibility index (Phi) is 4.64. The van der Waals surface area contributed by atoms with E-state index in [4.69, 9.17) is 15.3 Å². The van der Waals surface area contributed by atoms with Crippen molar-refractivity contribution >= 4 is 33.7 Å². The molecule has 2 aromatic carbocycles. The van der Waals surface area contributed by atoms with E-state index in [2.05, 4.69) is 15.9 Å². The van der Waals surface area contributed by atoms with Crippen LogP contribution in [0, 0.1) is 0 Å². The number of hydrogen-bond acceptors (Lipinski definition) is 5. The topological polar surface area (TPSA) is 90.7 Å². The summed E-state index contributed by atoms with van der Waals surface area (Å²) in [4.78, 5) is 23.5. The first-order valence-corrected chi connectivity index (χ1v) is 7.82. The number of allylic oxidation sites excluding steroid dienone is 1. The lowest BCUT2D eigenvalue weighted by Crippen LogP contribution is -2.34. The molecule has 0 unspecified atom stereocenters. The Balaban J connectivity index is 1.81. The molecule has 0 spiro atoms. The van der Waals surface area contributed by atoms with Crippen LogP contribution in [0.1, 0.15) is 15.9 Å². The molecule has 1 amide bonds. The van der Waals surface area contributed by atoms with Gasteiger partial charge in [-0.05, 0) is 35.9 Å². The minimum Gasteiger partial charge on any atom is -0.484 e. The first-order chi connectivity index (χ1) is 11.6. The Bertz CT molecular complexity index is 848. The smallest absolute Gasteiger partial charge is 0.271 e. The number of carbonyl (C=O) groups excluding carboxylic acids is 2. The maximum atomic E-state index is 12.4. The number of rotatable bonds is 4. The normalized spacial score (nSPS) is 14.2. The standard InChI is InChI=1S/C17H13BrN2O4/c18-11-3-1-2-10(6-11)7-15-17(22)13-5-4-12(8-14(13)24-15)23-9-16(21)20-19/h1-8H,9,19H2,(H,20,21). The van der Waals surface area contributed by atoms with E-state index in [1.54, 1.807) is 24.3 Å². The number of hydrogen-bond donors (Lipinski definition) is 2. The van der Waals surface area contributed by atoms with Gasteiger partial charge < -0.3 is 9.47 Å². The van der Waals surface area contributed by atoms with Gasteiger partial charge in [-0.1, -0.05) is 28.1 Å². The van der Waals surface area contributed by atoms with Crippen LogP contribution in [0.2, 0.25) is 0 Å². The highest BCUT2D eigenvalue weighted by Gasteiger charge is 2.27. The molecule has 1 heterocycles. The van der Waals surface area contributed by atoms with E-state index < -0.39 is 5.91 Å².